The lowest BCUT2D eigenvalue weighted by Crippen LogP contribution is -2.38. The fourth-order valence-corrected chi connectivity index (χ4v) is 2.59. The van der Waals surface area contributed by atoms with E-state index in [0.717, 1.165) is 5.69 Å². The van der Waals surface area contributed by atoms with Gasteiger partial charge in [0, 0.05) is 37.9 Å². The molecule has 1 aromatic rings. The van der Waals surface area contributed by atoms with Crippen LogP contribution in [0.1, 0.15) is 33.4 Å². The number of rotatable bonds is 3. The van der Waals surface area contributed by atoms with Crippen LogP contribution in [0.4, 0.5) is 10.6 Å². The van der Waals surface area contributed by atoms with Gasteiger partial charge in [0.05, 0.1) is 0 Å². The van der Waals surface area contributed by atoms with E-state index in [2.05, 4.69) is 25.9 Å². The lowest BCUT2D eigenvalue weighted by Gasteiger charge is -2.20. The summed E-state index contributed by atoms with van der Waals surface area (Å²) in [6, 6.07) is 1.52. The Morgan fingerprint density at radius 2 is 2.00 bits per heavy atom. The predicted molar refractivity (Wildman–Crippen MR) is 79.0 cm³/mol. The van der Waals surface area contributed by atoms with Gasteiger partial charge in [0.25, 0.3) is 0 Å². The number of aliphatic hydroxyl groups excluding tert-OH is 1. The highest BCUT2D eigenvalue weighted by molar-refractivity contribution is 5.93. The van der Waals surface area contributed by atoms with E-state index in [1.807, 2.05) is 20.0 Å². The van der Waals surface area contributed by atoms with E-state index < -0.39 is 12.5 Å². The zero-order chi connectivity index (χ0) is 15.9. The average Bonchev–Trinajstić information content (AvgIpc) is 2.84. The minimum absolute atomic E-state index is 0.0983. The number of aliphatic hydroxyl groups is 1. The maximum Gasteiger partial charge on any atom is 0.329 e. The first kappa shape index (κ1) is 15.8. The summed E-state index contributed by atoms with van der Waals surface area (Å²) in [4.78, 5) is 15.0. The highest BCUT2D eigenvalue weighted by Crippen LogP contribution is 2.30. The van der Waals surface area contributed by atoms with Crippen molar-refractivity contribution in [2.24, 2.45) is 7.05 Å². The first-order chi connectivity index (χ1) is 9.68. The van der Waals surface area contributed by atoms with E-state index in [1.54, 1.807) is 11.7 Å². The quantitative estimate of drug-likeness (QED) is 0.912. The molecule has 1 aliphatic heterocycles. The predicted octanol–water partition coefficient (Wildman–Crippen LogP) is 1.27. The van der Waals surface area contributed by atoms with Gasteiger partial charge in [0.15, 0.2) is 18.3 Å². The van der Waals surface area contributed by atoms with Crippen LogP contribution in [0.25, 0.3) is 0 Å². The molecule has 2 amide bonds. The van der Waals surface area contributed by atoms with Gasteiger partial charge < -0.3 is 9.84 Å². The Kier molecular flexibility index (Phi) is 3.99. The molecule has 2 unspecified atom stereocenters. The summed E-state index contributed by atoms with van der Waals surface area (Å²) in [5, 5.41) is 14.7. The van der Waals surface area contributed by atoms with Crippen LogP contribution in [0, 0.1) is 0 Å². The van der Waals surface area contributed by atoms with Crippen LogP contribution in [0.15, 0.2) is 6.07 Å². The third kappa shape index (κ3) is 2.63. The molecule has 1 N–H and O–H groups in total. The third-order valence-electron chi connectivity index (χ3n) is 3.63. The lowest BCUT2D eigenvalue weighted by atomic mass is 9.92. The molecule has 1 fully saturated rings. The van der Waals surface area contributed by atoms with Gasteiger partial charge >= 0.3 is 6.03 Å². The highest BCUT2D eigenvalue weighted by atomic mass is 16.5. The molecule has 7 nitrogen and oxygen atoms in total. The topological polar surface area (TPSA) is 70.8 Å². The smallest absolute Gasteiger partial charge is 0.329 e. The minimum atomic E-state index is -1.06. The van der Waals surface area contributed by atoms with Crippen LogP contribution in [0.3, 0.4) is 0 Å². The van der Waals surface area contributed by atoms with Gasteiger partial charge in [0.1, 0.15) is 0 Å². The molecule has 7 heteroatoms. The van der Waals surface area contributed by atoms with Gasteiger partial charge in [-0.3, -0.25) is 9.58 Å². The normalized spacial score (nSPS) is 23.3. The highest BCUT2D eigenvalue weighted by Gasteiger charge is 2.45. The first-order valence-electron chi connectivity index (χ1n) is 7.08. The molecule has 2 atom stereocenters. The molecule has 1 aromatic heterocycles. The fourth-order valence-electron chi connectivity index (χ4n) is 2.59. The second-order valence-corrected chi connectivity index (χ2v) is 6.28. The molecule has 21 heavy (non-hydrogen) atoms. The number of carbonyl (C=O) groups is 1. The Morgan fingerprint density at radius 3 is 2.48 bits per heavy atom. The van der Waals surface area contributed by atoms with E-state index in [4.69, 9.17) is 4.74 Å². The maximum atomic E-state index is 12.3. The van der Waals surface area contributed by atoms with Crippen molar-refractivity contribution in [2.75, 3.05) is 18.6 Å². The van der Waals surface area contributed by atoms with Gasteiger partial charge in [-0.1, -0.05) is 20.8 Å². The Labute approximate surface area is 125 Å². The zero-order valence-corrected chi connectivity index (χ0v) is 13.5. The van der Waals surface area contributed by atoms with Crippen LogP contribution in [0.2, 0.25) is 0 Å². The summed E-state index contributed by atoms with van der Waals surface area (Å²) < 4.78 is 7.17. The summed E-state index contributed by atoms with van der Waals surface area (Å²) in [6.45, 7) is 8.47. The summed E-state index contributed by atoms with van der Waals surface area (Å²) >= 11 is 0. The molecular formula is C14H24N4O3. The Balaban J connectivity index is 2.36. The molecule has 0 aromatic carbocycles. The number of urea groups is 1. The van der Waals surface area contributed by atoms with Gasteiger partial charge in [0.2, 0.25) is 0 Å². The van der Waals surface area contributed by atoms with Crippen LogP contribution < -0.4 is 4.90 Å². The van der Waals surface area contributed by atoms with Crippen molar-refractivity contribution in [2.45, 2.75) is 45.6 Å². The Hall–Kier alpha value is -1.60. The number of aryl methyl sites for hydroxylation is 1. The maximum absolute atomic E-state index is 12.3. The van der Waals surface area contributed by atoms with E-state index in [0.29, 0.717) is 12.4 Å². The molecule has 2 rings (SSSR count). The van der Waals surface area contributed by atoms with Crippen molar-refractivity contribution in [3.05, 3.63) is 11.8 Å². The Bertz CT molecular complexity index is 535. The molecule has 2 heterocycles. The molecule has 0 spiro atoms. The van der Waals surface area contributed by atoms with Gasteiger partial charge in [-0.2, -0.15) is 5.10 Å². The largest absolute Gasteiger partial charge is 0.369 e. The van der Waals surface area contributed by atoms with E-state index >= 15 is 0 Å². The monoisotopic (exact) mass is 296 g/mol. The standard InChI is InChI=1S/C14H24N4O3/c1-7-21-12-11(19)18(13(20)16(12)5)10-8-9(14(2,3)4)17(6)15-10/h8,11-12,19H,7H2,1-6H3. The number of anilines is 1. The van der Waals surface area contributed by atoms with Gasteiger partial charge in [-0.05, 0) is 6.92 Å². The van der Waals surface area contributed by atoms with Gasteiger partial charge in [-0.15, -0.1) is 0 Å². The number of hydrogen-bond acceptors (Lipinski definition) is 4. The lowest BCUT2D eigenvalue weighted by molar-refractivity contribution is -0.0688. The van der Waals surface area contributed by atoms with Crippen molar-refractivity contribution in [3.63, 3.8) is 0 Å². The van der Waals surface area contributed by atoms with Crippen LogP contribution in [0.5, 0.6) is 0 Å². The number of hydrogen-bond donors (Lipinski definition) is 1. The van der Waals surface area contributed by atoms with Gasteiger partial charge in [-0.25, -0.2) is 9.69 Å². The van der Waals surface area contributed by atoms with Crippen molar-refractivity contribution < 1.29 is 14.6 Å². The van der Waals surface area contributed by atoms with Crippen LogP contribution >= 0.6 is 0 Å². The number of amides is 2. The zero-order valence-electron chi connectivity index (χ0n) is 13.5. The number of nitrogens with zero attached hydrogens (tertiary/aromatic N) is 4. The summed E-state index contributed by atoms with van der Waals surface area (Å²) in [5.41, 5.74) is 0.888. The molecule has 1 aliphatic rings. The molecule has 1 saturated heterocycles. The van der Waals surface area contributed by atoms with Crippen molar-refractivity contribution >= 4 is 11.8 Å². The van der Waals surface area contributed by atoms with Crippen molar-refractivity contribution in [3.8, 4) is 0 Å². The molecule has 0 saturated carbocycles. The molecular weight excluding hydrogens is 272 g/mol. The van der Waals surface area contributed by atoms with E-state index in [-0.39, 0.29) is 11.4 Å². The third-order valence-corrected chi connectivity index (χ3v) is 3.63. The van der Waals surface area contributed by atoms with E-state index in [1.165, 1.54) is 9.80 Å². The van der Waals surface area contributed by atoms with E-state index in [9.17, 15) is 9.90 Å². The molecule has 0 aliphatic carbocycles. The Morgan fingerprint density at radius 1 is 1.38 bits per heavy atom. The number of carbonyl (C=O) groups excluding carboxylic acids is 1. The summed E-state index contributed by atoms with van der Waals surface area (Å²) in [5.74, 6) is 0.439. The van der Waals surface area contributed by atoms with Crippen molar-refractivity contribution in [1.82, 2.24) is 14.7 Å². The number of likely N-dealkylation sites (N-methyl/N-ethyl adjacent to an activating group) is 1. The molecule has 0 bridgehead atoms. The second-order valence-electron chi connectivity index (χ2n) is 6.28. The molecule has 0 radical (unpaired) electrons. The first-order valence-corrected chi connectivity index (χ1v) is 7.08. The summed E-state index contributed by atoms with van der Waals surface area (Å²) in [7, 11) is 3.44. The summed E-state index contributed by atoms with van der Waals surface area (Å²) in [6.07, 6.45) is -1.74. The SMILES string of the molecule is CCOC1C(O)N(c2cc(C(C)(C)C)n(C)n2)C(=O)N1C. The van der Waals surface area contributed by atoms with Crippen molar-refractivity contribution in [1.29, 1.82) is 0 Å². The minimum Gasteiger partial charge on any atom is -0.369 e. The average molecular weight is 296 g/mol. The molecule has 118 valence electrons. The van der Waals surface area contributed by atoms with Crippen LogP contribution in [-0.4, -0.2) is 51.9 Å². The number of ether oxygens (including phenoxy) is 1. The number of aromatic nitrogens is 2. The van der Waals surface area contributed by atoms with Crippen LogP contribution in [-0.2, 0) is 17.2 Å². The fraction of sp³-hybridized carbons (Fsp3) is 0.714. The second kappa shape index (κ2) is 5.31.